The molecular formula is C12H22OS. The molecule has 0 aromatic rings. The Balaban J connectivity index is 3.38. The minimum Gasteiger partial charge on any atom is -0.246 e. The van der Waals surface area contributed by atoms with Gasteiger partial charge in [-0.2, -0.15) is 0 Å². The molecule has 0 aliphatic carbocycles. The van der Waals surface area contributed by atoms with E-state index in [1.54, 1.807) is 0 Å². The van der Waals surface area contributed by atoms with Gasteiger partial charge in [-0.05, 0) is 18.1 Å². The van der Waals surface area contributed by atoms with Gasteiger partial charge in [-0.15, -0.1) is 0 Å². The Morgan fingerprint density at radius 3 is 2.36 bits per heavy atom. The van der Waals surface area contributed by atoms with Gasteiger partial charge >= 0.3 is 0 Å². The molecule has 0 bridgehead atoms. The fourth-order valence-corrected chi connectivity index (χ4v) is 1.94. The van der Waals surface area contributed by atoms with Gasteiger partial charge in [0.25, 0.3) is 0 Å². The van der Waals surface area contributed by atoms with E-state index in [4.69, 9.17) is 0 Å². The molecule has 1 atom stereocenters. The van der Waals surface area contributed by atoms with Gasteiger partial charge in [0.2, 0.25) is 0 Å². The predicted molar refractivity (Wildman–Crippen MR) is 64.5 cm³/mol. The van der Waals surface area contributed by atoms with E-state index in [-0.39, 0.29) is 0 Å². The summed E-state index contributed by atoms with van der Waals surface area (Å²) in [4.78, 5) is 0. The van der Waals surface area contributed by atoms with Crippen LogP contribution in [0.3, 0.4) is 0 Å². The highest BCUT2D eigenvalue weighted by atomic mass is 32.2. The van der Waals surface area contributed by atoms with E-state index in [2.05, 4.69) is 25.0 Å². The number of hydrogen-bond acceptors (Lipinski definition) is 1. The summed E-state index contributed by atoms with van der Waals surface area (Å²) in [5.41, 5.74) is 0. The molecule has 0 aliphatic rings. The Labute approximate surface area is 91.1 Å². The van der Waals surface area contributed by atoms with Crippen LogP contribution < -0.4 is 0 Å². The van der Waals surface area contributed by atoms with Crippen molar-refractivity contribution in [1.82, 2.24) is 0 Å². The van der Waals surface area contributed by atoms with E-state index in [1.165, 1.54) is 19.3 Å². The number of unbranched alkanes of at least 4 members (excludes halogenated alkanes) is 5. The first-order valence-electron chi connectivity index (χ1n) is 5.68. The van der Waals surface area contributed by atoms with Crippen LogP contribution in [0.1, 0.15) is 58.8 Å². The first kappa shape index (κ1) is 13.7. The predicted octanol–water partition coefficient (Wildman–Crippen LogP) is 3.47. The monoisotopic (exact) mass is 214 g/mol. The lowest BCUT2D eigenvalue weighted by atomic mass is 10.2. The van der Waals surface area contributed by atoms with E-state index < -0.39 is 10.8 Å². The zero-order valence-corrected chi connectivity index (χ0v) is 10.3. The quantitative estimate of drug-likeness (QED) is 0.468. The van der Waals surface area contributed by atoms with Gasteiger partial charge in [-0.3, -0.25) is 0 Å². The highest BCUT2D eigenvalue weighted by Gasteiger charge is 1.93. The van der Waals surface area contributed by atoms with E-state index in [0.29, 0.717) is 0 Å². The third kappa shape index (κ3) is 9.80. The van der Waals surface area contributed by atoms with E-state index in [1.807, 2.05) is 0 Å². The minimum atomic E-state index is -0.888. The third-order valence-corrected chi connectivity index (χ3v) is 3.06. The number of hydrogen-bond donors (Lipinski definition) is 0. The molecule has 0 saturated carbocycles. The normalized spacial score (nSPS) is 11.9. The first-order chi connectivity index (χ1) is 6.81. The summed E-state index contributed by atoms with van der Waals surface area (Å²) in [6, 6.07) is 0. The van der Waals surface area contributed by atoms with E-state index in [0.717, 1.165) is 31.4 Å². The fraction of sp³-hybridized carbons (Fsp3) is 0.833. The second kappa shape index (κ2) is 10.8. The second-order valence-corrected chi connectivity index (χ2v) is 4.80. The molecule has 1 nitrogen and oxygen atoms in total. The van der Waals surface area contributed by atoms with Crippen molar-refractivity contribution in [1.29, 1.82) is 0 Å². The Kier molecular flexibility index (Phi) is 10.6. The highest BCUT2D eigenvalue weighted by Crippen LogP contribution is 2.00. The van der Waals surface area contributed by atoms with Crippen LogP contribution in [0.4, 0.5) is 0 Å². The summed E-state index contributed by atoms with van der Waals surface area (Å²) in [6.07, 6.45) is 7.92. The maximum atomic E-state index is 11.3. The molecule has 1 unspecified atom stereocenters. The minimum absolute atomic E-state index is 0.763. The molecule has 0 aromatic heterocycles. The summed E-state index contributed by atoms with van der Waals surface area (Å²) in [6.45, 7) is 4.32. The van der Waals surface area contributed by atoms with Crippen LogP contribution in [0.15, 0.2) is 0 Å². The standard InChI is InChI=1S/C12H22OS/c1-3-5-7-9-11-14(13)12-10-8-6-4-2/h3-9,11H2,1-2H3. The average molecular weight is 214 g/mol. The molecule has 0 radical (unpaired) electrons. The molecule has 2 heteroatoms. The van der Waals surface area contributed by atoms with Crippen LogP contribution in [-0.4, -0.2) is 9.96 Å². The van der Waals surface area contributed by atoms with Crippen molar-refractivity contribution in [2.24, 2.45) is 0 Å². The van der Waals surface area contributed by atoms with Gasteiger partial charge in [-0.1, -0.05) is 45.5 Å². The molecule has 0 spiro atoms. The fourth-order valence-electron chi connectivity index (χ4n) is 1.11. The third-order valence-electron chi connectivity index (χ3n) is 2.02. The van der Waals surface area contributed by atoms with Crippen LogP contribution >= 0.6 is 0 Å². The highest BCUT2D eigenvalue weighted by molar-refractivity contribution is 7.89. The van der Waals surface area contributed by atoms with Gasteiger partial charge in [0.1, 0.15) is 0 Å². The van der Waals surface area contributed by atoms with Gasteiger partial charge in [0.05, 0.1) is 10.8 Å². The molecular weight excluding hydrogens is 192 g/mol. The topological polar surface area (TPSA) is 17.1 Å². The van der Waals surface area contributed by atoms with Crippen molar-refractivity contribution < 1.29 is 4.21 Å². The summed E-state index contributed by atoms with van der Waals surface area (Å²) in [5, 5.41) is 2.82. The maximum absolute atomic E-state index is 11.3. The van der Waals surface area contributed by atoms with Crippen LogP contribution in [-0.2, 0) is 10.8 Å². The average Bonchev–Trinajstić information content (AvgIpc) is 2.19. The van der Waals surface area contributed by atoms with Crippen LogP contribution in [0.5, 0.6) is 0 Å². The Bertz CT molecular complexity index is 200. The summed E-state index contributed by atoms with van der Waals surface area (Å²) in [7, 11) is -0.888. The van der Waals surface area contributed by atoms with Crippen molar-refractivity contribution in [3.8, 4) is 11.2 Å². The number of rotatable bonds is 7. The molecule has 0 saturated heterocycles. The lowest BCUT2D eigenvalue weighted by Gasteiger charge is -1.94. The summed E-state index contributed by atoms with van der Waals surface area (Å²) < 4.78 is 11.3. The molecule has 0 aliphatic heterocycles. The van der Waals surface area contributed by atoms with E-state index in [9.17, 15) is 4.21 Å². The van der Waals surface area contributed by atoms with E-state index >= 15 is 0 Å². The molecule has 0 N–H and O–H groups in total. The van der Waals surface area contributed by atoms with Gasteiger partial charge in [-0.25, -0.2) is 4.21 Å². The van der Waals surface area contributed by atoms with Crippen molar-refractivity contribution in [2.75, 3.05) is 5.75 Å². The first-order valence-corrected chi connectivity index (χ1v) is 7.00. The SMILES string of the molecule is CCCCC#CS(=O)CCCCCC. The Morgan fingerprint density at radius 1 is 1.00 bits per heavy atom. The molecule has 0 aromatic carbocycles. The van der Waals surface area contributed by atoms with Crippen molar-refractivity contribution in [3.05, 3.63) is 0 Å². The molecule has 0 rings (SSSR count). The van der Waals surface area contributed by atoms with Crippen molar-refractivity contribution in [2.45, 2.75) is 58.8 Å². The van der Waals surface area contributed by atoms with Gasteiger partial charge in [0, 0.05) is 12.2 Å². The Hall–Kier alpha value is -0.290. The second-order valence-electron chi connectivity index (χ2n) is 3.49. The zero-order valence-electron chi connectivity index (χ0n) is 9.47. The lowest BCUT2D eigenvalue weighted by Crippen LogP contribution is -1.93. The van der Waals surface area contributed by atoms with Crippen LogP contribution in [0.2, 0.25) is 0 Å². The molecule has 82 valence electrons. The maximum Gasteiger partial charge on any atom is 0.0974 e. The summed E-state index contributed by atoms with van der Waals surface area (Å²) >= 11 is 0. The van der Waals surface area contributed by atoms with Crippen molar-refractivity contribution in [3.63, 3.8) is 0 Å². The van der Waals surface area contributed by atoms with Gasteiger partial charge < -0.3 is 0 Å². The van der Waals surface area contributed by atoms with Crippen molar-refractivity contribution >= 4 is 10.8 Å². The largest absolute Gasteiger partial charge is 0.246 e. The molecule has 0 heterocycles. The lowest BCUT2D eigenvalue weighted by molar-refractivity contribution is 0.673. The molecule has 0 amide bonds. The van der Waals surface area contributed by atoms with Crippen LogP contribution in [0.25, 0.3) is 0 Å². The zero-order chi connectivity index (χ0) is 10.6. The van der Waals surface area contributed by atoms with Crippen LogP contribution in [0, 0.1) is 11.2 Å². The Morgan fingerprint density at radius 2 is 1.71 bits per heavy atom. The van der Waals surface area contributed by atoms with Gasteiger partial charge in [0.15, 0.2) is 0 Å². The summed E-state index contributed by atoms with van der Waals surface area (Å²) in [5.74, 6) is 3.74. The molecule has 0 fully saturated rings. The smallest absolute Gasteiger partial charge is 0.0974 e. The molecule has 14 heavy (non-hydrogen) atoms.